The minimum absolute atomic E-state index is 0.0601. The smallest absolute Gasteiger partial charge is 0.144 e. The second kappa shape index (κ2) is 5.63. The molecule has 1 aliphatic heterocycles. The third-order valence-corrected chi connectivity index (χ3v) is 2.95. The molecule has 2 rings (SSSR count). The molecule has 0 saturated carbocycles. The number of nitrogens with zero attached hydrogens (tertiary/aromatic N) is 3. The number of ether oxygens (including phenoxy) is 1. The molecular formula is C13H22N4O. The van der Waals surface area contributed by atoms with Gasteiger partial charge in [0.1, 0.15) is 5.82 Å². The summed E-state index contributed by atoms with van der Waals surface area (Å²) in [6.45, 7) is 10.7. The molecule has 0 spiro atoms. The number of hydrogen-bond acceptors (Lipinski definition) is 5. The van der Waals surface area contributed by atoms with Gasteiger partial charge in [-0.3, -0.25) is 9.88 Å². The van der Waals surface area contributed by atoms with Gasteiger partial charge in [-0.2, -0.15) is 0 Å². The molecule has 1 aliphatic rings. The minimum atomic E-state index is -0.0601. The maximum absolute atomic E-state index is 5.70. The maximum Gasteiger partial charge on any atom is 0.144 e. The van der Waals surface area contributed by atoms with Gasteiger partial charge in [-0.25, -0.2) is 4.98 Å². The Morgan fingerprint density at radius 3 is 2.83 bits per heavy atom. The van der Waals surface area contributed by atoms with Crippen LogP contribution in [-0.4, -0.2) is 46.7 Å². The number of nitrogens with one attached hydrogen (secondary N) is 1. The van der Waals surface area contributed by atoms with Crippen LogP contribution in [0.2, 0.25) is 0 Å². The Morgan fingerprint density at radius 2 is 2.22 bits per heavy atom. The van der Waals surface area contributed by atoms with Crippen LogP contribution >= 0.6 is 0 Å². The lowest BCUT2D eigenvalue weighted by Crippen LogP contribution is -2.47. The van der Waals surface area contributed by atoms with E-state index in [0.29, 0.717) is 0 Å². The van der Waals surface area contributed by atoms with Crippen LogP contribution in [0.25, 0.3) is 0 Å². The zero-order valence-electron chi connectivity index (χ0n) is 11.4. The fraction of sp³-hybridized carbons (Fsp3) is 0.692. The van der Waals surface area contributed by atoms with Gasteiger partial charge in [-0.1, -0.05) is 0 Å². The van der Waals surface area contributed by atoms with Gasteiger partial charge in [0.25, 0.3) is 0 Å². The third kappa shape index (κ3) is 3.65. The summed E-state index contributed by atoms with van der Waals surface area (Å²) < 4.78 is 5.70. The number of anilines is 1. The Morgan fingerprint density at radius 1 is 1.39 bits per heavy atom. The van der Waals surface area contributed by atoms with Gasteiger partial charge in [-0.15, -0.1) is 0 Å². The lowest BCUT2D eigenvalue weighted by Gasteiger charge is -2.37. The van der Waals surface area contributed by atoms with Crippen LogP contribution in [-0.2, 0) is 11.3 Å². The van der Waals surface area contributed by atoms with Crippen LogP contribution in [0.1, 0.15) is 26.5 Å². The standard InChI is InChI=1S/C13H22N4O/c1-4-14-12-8-15-11(7-16-12)9-17-5-6-18-13(2,3)10-17/h7-8H,4-6,9-10H2,1-3H3,(H,14,16). The van der Waals surface area contributed by atoms with E-state index in [1.165, 1.54) is 0 Å². The normalized spacial score (nSPS) is 19.7. The summed E-state index contributed by atoms with van der Waals surface area (Å²) in [6.07, 6.45) is 3.64. The molecular weight excluding hydrogens is 228 g/mol. The zero-order valence-corrected chi connectivity index (χ0v) is 11.4. The molecule has 1 saturated heterocycles. The molecule has 0 amide bonds. The van der Waals surface area contributed by atoms with Gasteiger partial charge in [0.15, 0.2) is 0 Å². The van der Waals surface area contributed by atoms with Crippen molar-refractivity contribution >= 4 is 5.82 Å². The van der Waals surface area contributed by atoms with Crippen molar-refractivity contribution in [3.05, 3.63) is 18.1 Å². The fourth-order valence-electron chi connectivity index (χ4n) is 2.19. The first-order valence-electron chi connectivity index (χ1n) is 6.50. The van der Waals surface area contributed by atoms with Crippen molar-refractivity contribution in [1.82, 2.24) is 14.9 Å². The largest absolute Gasteiger partial charge is 0.373 e. The average molecular weight is 250 g/mol. The van der Waals surface area contributed by atoms with E-state index in [1.54, 1.807) is 6.20 Å². The van der Waals surface area contributed by atoms with Crippen LogP contribution in [0.4, 0.5) is 5.82 Å². The topological polar surface area (TPSA) is 50.3 Å². The van der Waals surface area contributed by atoms with E-state index in [0.717, 1.165) is 44.3 Å². The van der Waals surface area contributed by atoms with Crippen molar-refractivity contribution in [1.29, 1.82) is 0 Å². The Balaban J connectivity index is 1.92. The summed E-state index contributed by atoms with van der Waals surface area (Å²) in [5, 5.41) is 3.14. The molecule has 0 radical (unpaired) electrons. The molecule has 0 aliphatic carbocycles. The van der Waals surface area contributed by atoms with Crippen LogP contribution < -0.4 is 5.32 Å². The van der Waals surface area contributed by atoms with Crippen LogP contribution in [0.15, 0.2) is 12.4 Å². The predicted molar refractivity (Wildman–Crippen MR) is 71.5 cm³/mol. The van der Waals surface area contributed by atoms with E-state index >= 15 is 0 Å². The van der Waals surface area contributed by atoms with E-state index < -0.39 is 0 Å². The molecule has 0 atom stereocenters. The summed E-state index contributed by atoms with van der Waals surface area (Å²) in [5.41, 5.74) is 0.949. The highest BCUT2D eigenvalue weighted by Crippen LogP contribution is 2.17. The van der Waals surface area contributed by atoms with Gasteiger partial charge in [0.05, 0.1) is 30.3 Å². The molecule has 1 fully saturated rings. The number of hydrogen-bond donors (Lipinski definition) is 1. The Labute approximate surface area is 109 Å². The van der Waals surface area contributed by atoms with Crippen LogP contribution in [0.5, 0.6) is 0 Å². The van der Waals surface area contributed by atoms with Gasteiger partial charge in [-0.05, 0) is 20.8 Å². The summed E-state index contributed by atoms with van der Waals surface area (Å²) in [7, 11) is 0. The highest BCUT2D eigenvalue weighted by atomic mass is 16.5. The summed E-state index contributed by atoms with van der Waals surface area (Å²) in [6, 6.07) is 0. The molecule has 100 valence electrons. The van der Waals surface area contributed by atoms with Crippen LogP contribution in [0.3, 0.4) is 0 Å². The van der Waals surface area contributed by atoms with Gasteiger partial charge in [0.2, 0.25) is 0 Å². The molecule has 0 aromatic carbocycles. The molecule has 18 heavy (non-hydrogen) atoms. The third-order valence-electron chi connectivity index (χ3n) is 2.95. The van der Waals surface area contributed by atoms with Gasteiger partial charge < -0.3 is 10.1 Å². The highest BCUT2D eigenvalue weighted by molar-refractivity contribution is 5.30. The SMILES string of the molecule is CCNc1cnc(CN2CCOC(C)(C)C2)cn1. The van der Waals surface area contributed by atoms with E-state index in [-0.39, 0.29) is 5.60 Å². The Hall–Kier alpha value is -1.20. The first-order valence-corrected chi connectivity index (χ1v) is 6.50. The first-order chi connectivity index (χ1) is 8.59. The van der Waals surface area contributed by atoms with Crippen molar-refractivity contribution < 1.29 is 4.74 Å². The monoisotopic (exact) mass is 250 g/mol. The highest BCUT2D eigenvalue weighted by Gasteiger charge is 2.27. The maximum atomic E-state index is 5.70. The lowest BCUT2D eigenvalue weighted by molar-refractivity contribution is -0.0885. The van der Waals surface area contributed by atoms with Gasteiger partial charge >= 0.3 is 0 Å². The molecule has 2 heterocycles. The second-order valence-electron chi connectivity index (χ2n) is 5.24. The van der Waals surface area contributed by atoms with Crippen molar-refractivity contribution in [3.63, 3.8) is 0 Å². The van der Waals surface area contributed by atoms with E-state index in [1.807, 2.05) is 13.1 Å². The van der Waals surface area contributed by atoms with Crippen LogP contribution in [0, 0.1) is 0 Å². The molecule has 1 N–H and O–H groups in total. The lowest BCUT2D eigenvalue weighted by atomic mass is 10.1. The molecule has 0 bridgehead atoms. The minimum Gasteiger partial charge on any atom is -0.373 e. The van der Waals surface area contributed by atoms with Crippen molar-refractivity contribution in [3.8, 4) is 0 Å². The van der Waals surface area contributed by atoms with E-state index in [4.69, 9.17) is 4.74 Å². The zero-order chi connectivity index (χ0) is 13.0. The van der Waals surface area contributed by atoms with E-state index in [9.17, 15) is 0 Å². The summed E-state index contributed by atoms with van der Waals surface area (Å²) in [5.74, 6) is 0.837. The molecule has 1 aromatic rings. The van der Waals surface area contributed by atoms with Crippen molar-refractivity contribution in [2.24, 2.45) is 0 Å². The predicted octanol–water partition coefficient (Wildman–Crippen LogP) is 1.52. The van der Waals surface area contributed by atoms with E-state index in [2.05, 4.69) is 34.0 Å². The second-order valence-corrected chi connectivity index (χ2v) is 5.24. The van der Waals surface area contributed by atoms with Crippen molar-refractivity contribution in [2.75, 3.05) is 31.6 Å². The van der Waals surface area contributed by atoms with Gasteiger partial charge in [0, 0.05) is 26.2 Å². The Kier molecular flexibility index (Phi) is 4.14. The average Bonchev–Trinajstić information content (AvgIpc) is 2.31. The molecule has 1 aromatic heterocycles. The number of rotatable bonds is 4. The summed E-state index contributed by atoms with van der Waals surface area (Å²) in [4.78, 5) is 11.1. The number of morpholine rings is 1. The fourth-order valence-corrected chi connectivity index (χ4v) is 2.19. The Bertz CT molecular complexity index is 377. The first kappa shape index (κ1) is 13.2. The van der Waals surface area contributed by atoms with Crippen molar-refractivity contribution in [2.45, 2.75) is 32.9 Å². The molecule has 0 unspecified atom stereocenters. The number of aromatic nitrogens is 2. The summed E-state index contributed by atoms with van der Waals surface area (Å²) >= 11 is 0. The quantitative estimate of drug-likeness (QED) is 0.878. The molecule has 5 heteroatoms. The molecule has 5 nitrogen and oxygen atoms in total.